The van der Waals surface area contributed by atoms with E-state index in [1.165, 1.54) is 6.07 Å². The van der Waals surface area contributed by atoms with Crippen LogP contribution in [0.4, 0.5) is 15.8 Å². The number of aromatic carboxylic acids is 1. The highest BCUT2D eigenvalue weighted by atomic mass is 19.1. The maximum atomic E-state index is 14.6. The summed E-state index contributed by atoms with van der Waals surface area (Å²) in [6.07, 6.45) is -0.224. The van der Waals surface area contributed by atoms with Gasteiger partial charge in [-0.3, -0.25) is 0 Å². The Morgan fingerprint density at radius 3 is 2.61 bits per heavy atom. The fourth-order valence-electron chi connectivity index (χ4n) is 4.16. The van der Waals surface area contributed by atoms with Crippen LogP contribution in [0.2, 0.25) is 0 Å². The van der Waals surface area contributed by atoms with Crippen LogP contribution in [-0.4, -0.2) is 26.8 Å². The van der Waals surface area contributed by atoms with Gasteiger partial charge in [0.05, 0.1) is 33.9 Å². The van der Waals surface area contributed by atoms with Crippen molar-refractivity contribution in [3.8, 4) is 5.75 Å². The van der Waals surface area contributed by atoms with E-state index in [9.17, 15) is 14.3 Å². The zero-order chi connectivity index (χ0) is 23.1. The second-order valence-electron chi connectivity index (χ2n) is 8.20. The Morgan fingerprint density at radius 1 is 1.15 bits per heavy atom. The van der Waals surface area contributed by atoms with Crippen molar-refractivity contribution < 1.29 is 19.0 Å². The Balaban J connectivity index is 1.36. The van der Waals surface area contributed by atoms with E-state index >= 15 is 0 Å². The van der Waals surface area contributed by atoms with Crippen LogP contribution in [0.15, 0.2) is 60.7 Å². The summed E-state index contributed by atoms with van der Waals surface area (Å²) < 4.78 is 22.3. The molecular formula is C25H23FN4O3. The molecule has 0 spiro atoms. The number of aromatic nitrogens is 2. The maximum absolute atomic E-state index is 14.6. The summed E-state index contributed by atoms with van der Waals surface area (Å²) in [6, 6.07) is 17.6. The Hall–Kier alpha value is -4.07. The van der Waals surface area contributed by atoms with Crippen LogP contribution in [0.1, 0.15) is 34.6 Å². The summed E-state index contributed by atoms with van der Waals surface area (Å²) in [6.45, 7) is 2.29. The summed E-state index contributed by atoms with van der Waals surface area (Å²) in [5.74, 6) is -0.541. The molecule has 7 nitrogen and oxygen atoms in total. The lowest BCUT2D eigenvalue weighted by Crippen LogP contribution is -2.30. The Morgan fingerprint density at radius 2 is 1.88 bits per heavy atom. The summed E-state index contributed by atoms with van der Waals surface area (Å²) in [4.78, 5) is 16.0. The molecule has 1 aromatic heterocycles. The van der Waals surface area contributed by atoms with Gasteiger partial charge in [-0.25, -0.2) is 14.2 Å². The van der Waals surface area contributed by atoms with E-state index in [-0.39, 0.29) is 30.0 Å². The van der Waals surface area contributed by atoms with Gasteiger partial charge in [-0.15, -0.1) is 0 Å². The molecule has 0 saturated heterocycles. The van der Waals surface area contributed by atoms with E-state index in [1.807, 2.05) is 48.9 Å². The van der Waals surface area contributed by atoms with Crippen LogP contribution in [0.5, 0.6) is 5.75 Å². The first kappa shape index (κ1) is 20.8. The number of rotatable bonds is 6. The van der Waals surface area contributed by atoms with E-state index < -0.39 is 11.8 Å². The van der Waals surface area contributed by atoms with Gasteiger partial charge in [0.1, 0.15) is 18.6 Å². The molecule has 2 heterocycles. The van der Waals surface area contributed by atoms with Gasteiger partial charge in [-0.1, -0.05) is 37.3 Å². The number of anilines is 2. The molecule has 8 heteroatoms. The molecule has 5 rings (SSSR count). The van der Waals surface area contributed by atoms with Gasteiger partial charge >= 0.3 is 5.97 Å². The third-order valence-electron chi connectivity index (χ3n) is 6.00. The lowest BCUT2D eigenvalue weighted by molar-refractivity contribution is 0.0697. The predicted molar refractivity (Wildman–Crippen MR) is 124 cm³/mol. The van der Waals surface area contributed by atoms with E-state index in [4.69, 9.17) is 9.72 Å². The number of nitrogens with one attached hydrogen (secondary N) is 2. The van der Waals surface area contributed by atoms with Gasteiger partial charge in [0.15, 0.2) is 11.6 Å². The first-order valence-corrected chi connectivity index (χ1v) is 10.6. The number of nitrogens with zero attached hydrogens (tertiary/aromatic N) is 2. The van der Waals surface area contributed by atoms with E-state index in [0.717, 1.165) is 28.1 Å². The predicted octanol–water partition coefficient (Wildman–Crippen LogP) is 4.96. The molecule has 33 heavy (non-hydrogen) atoms. The second-order valence-corrected chi connectivity index (χ2v) is 8.20. The number of fused-ring (bicyclic) bond motifs is 2. The molecule has 0 amide bonds. The highest BCUT2D eigenvalue weighted by Crippen LogP contribution is 2.38. The molecule has 168 valence electrons. The van der Waals surface area contributed by atoms with Crippen LogP contribution in [0, 0.1) is 5.82 Å². The van der Waals surface area contributed by atoms with Gasteiger partial charge in [-0.2, -0.15) is 0 Å². The molecule has 0 fully saturated rings. The SMILES string of the molecule is CC(c1nc2ccc(C(=O)O)cc2n1C)C1Nc2cc(F)c(OCc3ccccc3)cc2N1. The third kappa shape index (κ3) is 3.84. The number of carboxylic acids is 1. The zero-order valence-corrected chi connectivity index (χ0v) is 18.2. The fourth-order valence-corrected chi connectivity index (χ4v) is 4.16. The van der Waals surface area contributed by atoms with Crippen molar-refractivity contribution in [2.45, 2.75) is 25.6 Å². The standard InChI is InChI=1S/C25H23FN4O3/c1-14(24-29-18-9-8-16(25(31)32)10-21(18)30(24)2)23-27-19-11-17(26)22(12-20(19)28-23)33-13-15-6-4-3-5-7-15/h3-12,14,23,27-28H,13H2,1-2H3,(H,31,32). The number of carboxylic acid groups (broad SMARTS) is 1. The molecule has 0 aliphatic carbocycles. The average molecular weight is 446 g/mol. The molecular weight excluding hydrogens is 423 g/mol. The number of hydrogen-bond donors (Lipinski definition) is 3. The van der Waals surface area contributed by atoms with E-state index in [1.54, 1.807) is 24.3 Å². The lowest BCUT2D eigenvalue weighted by atomic mass is 10.1. The number of imidazole rings is 1. The number of ether oxygens (including phenoxy) is 1. The minimum Gasteiger partial charge on any atom is -0.486 e. The molecule has 1 aliphatic heterocycles. The fraction of sp³-hybridized carbons (Fsp3) is 0.200. The normalized spacial score (nSPS) is 15.5. The number of carbonyl (C=O) groups is 1. The first-order chi connectivity index (χ1) is 15.9. The molecule has 3 N–H and O–H groups in total. The second kappa shape index (κ2) is 8.12. The largest absolute Gasteiger partial charge is 0.486 e. The summed E-state index contributed by atoms with van der Waals surface area (Å²) in [5, 5.41) is 16.0. The lowest BCUT2D eigenvalue weighted by Gasteiger charge is -2.20. The number of benzene rings is 3. The Labute approximate surface area is 189 Å². The van der Waals surface area contributed by atoms with Crippen molar-refractivity contribution in [3.05, 3.63) is 83.4 Å². The minimum absolute atomic E-state index is 0.0974. The monoisotopic (exact) mass is 446 g/mol. The van der Waals surface area contributed by atoms with Crippen molar-refractivity contribution in [1.29, 1.82) is 0 Å². The number of halogens is 1. The Bertz CT molecular complexity index is 1350. The number of hydrogen-bond acceptors (Lipinski definition) is 5. The van der Waals surface area contributed by atoms with Crippen molar-refractivity contribution in [3.63, 3.8) is 0 Å². The van der Waals surface area contributed by atoms with Crippen LogP contribution in [0.25, 0.3) is 11.0 Å². The van der Waals surface area contributed by atoms with Gasteiger partial charge in [0.25, 0.3) is 0 Å². The van der Waals surface area contributed by atoms with Crippen molar-refractivity contribution in [2.75, 3.05) is 10.6 Å². The Kier molecular flexibility index (Phi) is 5.12. The first-order valence-electron chi connectivity index (χ1n) is 10.6. The van der Waals surface area contributed by atoms with Crippen LogP contribution < -0.4 is 15.4 Å². The maximum Gasteiger partial charge on any atom is 0.335 e. The molecule has 3 aromatic carbocycles. The summed E-state index contributed by atoms with van der Waals surface area (Å²) >= 11 is 0. The average Bonchev–Trinajstić information content (AvgIpc) is 3.38. The van der Waals surface area contributed by atoms with E-state index in [0.29, 0.717) is 5.69 Å². The molecule has 1 aliphatic rings. The molecule has 4 aromatic rings. The zero-order valence-electron chi connectivity index (χ0n) is 18.2. The van der Waals surface area contributed by atoms with Gasteiger partial charge in [0.2, 0.25) is 0 Å². The van der Waals surface area contributed by atoms with Gasteiger partial charge < -0.3 is 25.0 Å². The molecule has 0 saturated carbocycles. The van der Waals surface area contributed by atoms with Crippen LogP contribution in [-0.2, 0) is 13.7 Å². The minimum atomic E-state index is -0.977. The summed E-state index contributed by atoms with van der Waals surface area (Å²) in [5.41, 5.74) is 4.06. The molecule has 0 radical (unpaired) electrons. The van der Waals surface area contributed by atoms with Gasteiger partial charge in [0, 0.05) is 19.2 Å². The summed E-state index contributed by atoms with van der Waals surface area (Å²) in [7, 11) is 1.87. The van der Waals surface area contributed by atoms with Crippen molar-refractivity contribution in [1.82, 2.24) is 9.55 Å². The topological polar surface area (TPSA) is 88.4 Å². The molecule has 0 bridgehead atoms. The van der Waals surface area contributed by atoms with Crippen LogP contribution >= 0.6 is 0 Å². The van der Waals surface area contributed by atoms with Gasteiger partial charge in [-0.05, 0) is 23.8 Å². The quantitative estimate of drug-likeness (QED) is 0.388. The smallest absolute Gasteiger partial charge is 0.335 e. The van der Waals surface area contributed by atoms with Crippen molar-refractivity contribution in [2.24, 2.45) is 7.05 Å². The van der Waals surface area contributed by atoms with E-state index in [2.05, 4.69) is 10.6 Å². The van der Waals surface area contributed by atoms with Crippen molar-refractivity contribution >= 4 is 28.4 Å². The molecule has 2 unspecified atom stereocenters. The third-order valence-corrected chi connectivity index (χ3v) is 6.00. The highest BCUT2D eigenvalue weighted by molar-refractivity contribution is 5.92. The number of aryl methyl sites for hydroxylation is 1. The van der Waals surface area contributed by atoms with Crippen LogP contribution in [0.3, 0.4) is 0 Å². The highest BCUT2D eigenvalue weighted by Gasteiger charge is 2.30. The molecule has 2 atom stereocenters.